The lowest BCUT2D eigenvalue weighted by Gasteiger charge is -1.80. The summed E-state index contributed by atoms with van der Waals surface area (Å²) in [5, 5.41) is 0.444. The van der Waals surface area contributed by atoms with E-state index >= 15 is 0 Å². The van der Waals surface area contributed by atoms with Crippen LogP contribution >= 0.6 is 27.7 Å². The van der Waals surface area contributed by atoms with Crippen LogP contribution in [0.4, 0.5) is 0 Å². The number of halogens is 2. The van der Waals surface area contributed by atoms with E-state index in [4.69, 9.17) is 11.6 Å². The molecule has 0 bridgehead atoms. The minimum atomic E-state index is 0.444. The number of hydrogen-bond donors (Lipinski definition) is 0. The summed E-state index contributed by atoms with van der Waals surface area (Å²) in [7, 11) is 0. The number of rotatable bonds is 0. The van der Waals surface area contributed by atoms with Gasteiger partial charge in [-0.1, -0.05) is 0 Å². The van der Waals surface area contributed by atoms with Gasteiger partial charge in [-0.15, -0.1) is 0 Å². The van der Waals surface area contributed by atoms with Gasteiger partial charge in [-0.05, 0) is 11.6 Å². The van der Waals surface area contributed by atoms with Crippen LogP contribution in [0.3, 0.4) is 0 Å². The van der Waals surface area contributed by atoms with Gasteiger partial charge in [0, 0.05) is 12.4 Å². The summed E-state index contributed by atoms with van der Waals surface area (Å²) in [5.41, 5.74) is 0. The number of imidazole rings is 1. The van der Waals surface area contributed by atoms with Crippen molar-refractivity contribution >= 4 is 27.7 Å². The van der Waals surface area contributed by atoms with Gasteiger partial charge in [0.1, 0.15) is 0 Å². The highest BCUT2D eigenvalue weighted by Gasteiger charge is 1.89. The van der Waals surface area contributed by atoms with Gasteiger partial charge in [0.25, 0.3) is 0 Å². The van der Waals surface area contributed by atoms with E-state index in [0.717, 1.165) is 0 Å². The van der Waals surface area contributed by atoms with Crippen molar-refractivity contribution in [2.24, 2.45) is 0 Å². The molecule has 4 heteroatoms. The first kappa shape index (κ1) is 5.12. The summed E-state index contributed by atoms with van der Waals surface area (Å²) in [6, 6.07) is 0. The molecule has 0 aliphatic heterocycles. The highest BCUT2D eigenvalue weighted by Crippen LogP contribution is 2.06. The molecular weight excluding hydrogens is 179 g/mol. The van der Waals surface area contributed by atoms with E-state index in [2.05, 4.69) is 21.1 Å². The van der Waals surface area contributed by atoms with Gasteiger partial charge in [0.05, 0.1) is 16.1 Å². The average Bonchev–Trinajstić information content (AvgIpc) is 1.91. The molecule has 0 saturated carbocycles. The second-order valence-corrected chi connectivity index (χ2v) is 2.11. The first-order valence-corrected chi connectivity index (χ1v) is 2.74. The lowest BCUT2D eigenvalue weighted by molar-refractivity contribution is 1.26. The monoisotopic (exact) mass is 180 g/mol. The molecule has 0 aliphatic carbocycles. The Morgan fingerprint density at radius 2 is 2.57 bits per heavy atom. The lowest BCUT2D eigenvalue weighted by Crippen LogP contribution is -1.71. The SMILES string of the molecule is Clc1nccn1Br. The molecule has 0 fully saturated rings. The molecule has 0 saturated heterocycles. The fraction of sp³-hybridized carbons (Fsp3) is 0. The molecule has 1 rings (SSSR count). The minimum Gasteiger partial charge on any atom is -0.257 e. The van der Waals surface area contributed by atoms with E-state index in [0.29, 0.717) is 5.28 Å². The third-order valence-electron chi connectivity index (χ3n) is 0.555. The molecule has 1 aromatic heterocycles. The lowest BCUT2D eigenvalue weighted by atomic mass is 11.0. The molecule has 1 aromatic rings. The molecule has 0 spiro atoms. The molecule has 0 aromatic carbocycles. The molecule has 0 aliphatic rings. The van der Waals surface area contributed by atoms with Gasteiger partial charge < -0.3 is 0 Å². The Labute approximate surface area is 54.5 Å². The van der Waals surface area contributed by atoms with Crippen molar-refractivity contribution < 1.29 is 0 Å². The molecule has 1 heterocycles. The molecule has 38 valence electrons. The number of aromatic nitrogens is 2. The normalized spacial score (nSPS) is 9.43. The highest BCUT2D eigenvalue weighted by atomic mass is 79.9. The molecule has 0 N–H and O–H groups in total. The molecule has 2 nitrogen and oxygen atoms in total. The average molecular weight is 181 g/mol. The third kappa shape index (κ3) is 0.951. The molecule has 7 heavy (non-hydrogen) atoms. The van der Waals surface area contributed by atoms with Crippen LogP contribution in [0.25, 0.3) is 0 Å². The van der Waals surface area contributed by atoms with E-state index < -0.39 is 0 Å². The molecular formula is C3H2BrClN2. The third-order valence-corrected chi connectivity index (χ3v) is 1.61. The van der Waals surface area contributed by atoms with Crippen molar-refractivity contribution in [2.75, 3.05) is 0 Å². The van der Waals surface area contributed by atoms with Crippen molar-refractivity contribution in [1.29, 1.82) is 0 Å². The minimum absolute atomic E-state index is 0.444. The van der Waals surface area contributed by atoms with Crippen LogP contribution < -0.4 is 0 Å². The van der Waals surface area contributed by atoms with E-state index in [1.807, 2.05) is 0 Å². The van der Waals surface area contributed by atoms with Gasteiger partial charge in [-0.25, -0.2) is 4.98 Å². The number of hydrogen-bond acceptors (Lipinski definition) is 1. The zero-order valence-corrected chi connectivity index (χ0v) is 5.65. The fourth-order valence-corrected chi connectivity index (χ4v) is 0.580. The fourth-order valence-electron chi connectivity index (χ4n) is 0.270. The van der Waals surface area contributed by atoms with Crippen LogP contribution in [0.2, 0.25) is 5.28 Å². The Kier molecular flexibility index (Phi) is 1.35. The smallest absolute Gasteiger partial charge is 0.212 e. The van der Waals surface area contributed by atoms with E-state index in [1.165, 1.54) is 0 Å². The molecule has 0 radical (unpaired) electrons. The second kappa shape index (κ2) is 1.84. The summed E-state index contributed by atoms with van der Waals surface area (Å²) in [5.74, 6) is 0. The van der Waals surface area contributed by atoms with Crippen LogP contribution in [-0.2, 0) is 0 Å². The van der Waals surface area contributed by atoms with Crippen molar-refractivity contribution in [3.63, 3.8) is 0 Å². The van der Waals surface area contributed by atoms with Crippen molar-refractivity contribution in [1.82, 2.24) is 8.58 Å². The predicted molar refractivity (Wildman–Crippen MR) is 31.6 cm³/mol. The summed E-state index contributed by atoms with van der Waals surface area (Å²) >= 11 is 8.52. The topological polar surface area (TPSA) is 17.8 Å². The standard InChI is InChI=1S/C3H2BrClN2/c4-7-2-1-6-3(7)5/h1-2H. The van der Waals surface area contributed by atoms with Crippen molar-refractivity contribution in [3.05, 3.63) is 17.7 Å². The second-order valence-electron chi connectivity index (χ2n) is 1.01. The molecule has 0 unspecified atom stereocenters. The summed E-state index contributed by atoms with van der Waals surface area (Å²) in [6.45, 7) is 0. The van der Waals surface area contributed by atoms with Crippen LogP contribution in [0.5, 0.6) is 0 Å². The summed E-state index contributed by atoms with van der Waals surface area (Å²) < 4.78 is 1.55. The Morgan fingerprint density at radius 3 is 2.71 bits per heavy atom. The van der Waals surface area contributed by atoms with Gasteiger partial charge in [0.2, 0.25) is 5.28 Å². The maximum Gasteiger partial charge on any atom is 0.212 e. The van der Waals surface area contributed by atoms with Gasteiger partial charge in [-0.3, -0.25) is 3.59 Å². The van der Waals surface area contributed by atoms with E-state index in [9.17, 15) is 0 Å². The van der Waals surface area contributed by atoms with Gasteiger partial charge >= 0.3 is 0 Å². The summed E-state index contributed by atoms with van der Waals surface area (Å²) in [6.07, 6.45) is 3.32. The van der Waals surface area contributed by atoms with Crippen LogP contribution in [0.15, 0.2) is 12.4 Å². The van der Waals surface area contributed by atoms with E-state index in [1.54, 1.807) is 16.0 Å². The van der Waals surface area contributed by atoms with Crippen LogP contribution in [-0.4, -0.2) is 8.58 Å². The zero-order valence-electron chi connectivity index (χ0n) is 3.31. The molecule has 0 atom stereocenters. The first-order chi connectivity index (χ1) is 3.30. The van der Waals surface area contributed by atoms with Gasteiger partial charge in [-0.2, -0.15) is 0 Å². The Balaban J connectivity index is 3.12. The largest absolute Gasteiger partial charge is 0.257 e. The van der Waals surface area contributed by atoms with E-state index in [-0.39, 0.29) is 0 Å². The highest BCUT2D eigenvalue weighted by molar-refractivity contribution is 9.08. The maximum absolute atomic E-state index is 5.43. The number of nitrogens with zero attached hydrogens (tertiary/aromatic N) is 2. The van der Waals surface area contributed by atoms with Crippen molar-refractivity contribution in [2.45, 2.75) is 0 Å². The van der Waals surface area contributed by atoms with Gasteiger partial charge in [0.15, 0.2) is 0 Å². The van der Waals surface area contributed by atoms with Crippen molar-refractivity contribution in [3.8, 4) is 0 Å². The Morgan fingerprint density at radius 1 is 1.86 bits per heavy atom. The first-order valence-electron chi connectivity index (χ1n) is 1.65. The van der Waals surface area contributed by atoms with Crippen LogP contribution in [0, 0.1) is 0 Å². The van der Waals surface area contributed by atoms with Crippen LogP contribution in [0.1, 0.15) is 0 Å². The quantitative estimate of drug-likeness (QED) is 0.596. The maximum atomic E-state index is 5.43. The Hall–Kier alpha value is -0.0200. The zero-order chi connectivity index (χ0) is 5.28. The molecule has 0 amide bonds. The summed E-state index contributed by atoms with van der Waals surface area (Å²) in [4.78, 5) is 3.70. The predicted octanol–water partition coefficient (Wildman–Crippen LogP) is 1.69. The Bertz CT molecular complexity index is 145.